The first-order valence-corrected chi connectivity index (χ1v) is 17.7. The molecule has 0 fully saturated rings. The molecule has 4 aromatic rings. The summed E-state index contributed by atoms with van der Waals surface area (Å²) in [5.74, 6) is -0.861. The lowest BCUT2D eigenvalue weighted by Crippen LogP contribution is -2.44. The Morgan fingerprint density at radius 1 is 0.900 bits per heavy atom. The number of nitrogens with one attached hydrogen (secondary N) is 1. The highest BCUT2D eigenvalue weighted by atomic mass is 16.6. The second kappa shape index (κ2) is 18.3. The maximum absolute atomic E-state index is 15.3. The zero-order valence-corrected chi connectivity index (χ0v) is 30.1. The monoisotopic (exact) mass is 680 g/mol. The molecule has 4 rings (SSSR count). The van der Waals surface area contributed by atoms with Crippen LogP contribution in [-0.2, 0) is 27.3 Å². The Bertz CT molecular complexity index is 1670. The third-order valence-corrected chi connectivity index (χ3v) is 8.53. The van der Waals surface area contributed by atoms with Gasteiger partial charge in [0.2, 0.25) is 5.91 Å². The van der Waals surface area contributed by atoms with Crippen LogP contribution in [0.1, 0.15) is 76.4 Å². The molecule has 9 heteroatoms. The topological polar surface area (TPSA) is 114 Å². The second-order valence-electron chi connectivity index (χ2n) is 13.7. The number of esters is 1. The van der Waals surface area contributed by atoms with Crippen LogP contribution in [0.4, 0.5) is 0 Å². The number of aliphatic hydroxyl groups excluding tert-OH is 1. The Morgan fingerprint density at radius 3 is 2.06 bits per heavy atom. The van der Waals surface area contributed by atoms with Crippen LogP contribution in [0.15, 0.2) is 91.0 Å². The number of hydrogen-bond donors (Lipinski definition) is 2. The predicted molar refractivity (Wildman–Crippen MR) is 197 cm³/mol. The Labute approximate surface area is 296 Å². The van der Waals surface area contributed by atoms with Crippen molar-refractivity contribution in [2.45, 2.75) is 84.9 Å². The third-order valence-electron chi connectivity index (χ3n) is 8.53. The van der Waals surface area contributed by atoms with Gasteiger partial charge in [-0.3, -0.25) is 14.4 Å². The average Bonchev–Trinajstić information content (AvgIpc) is 3.48. The van der Waals surface area contributed by atoms with Crippen molar-refractivity contribution in [1.82, 2.24) is 20.0 Å². The highest BCUT2D eigenvalue weighted by Crippen LogP contribution is 2.36. The molecule has 0 aliphatic heterocycles. The number of ether oxygens (including phenoxy) is 1. The summed E-state index contributed by atoms with van der Waals surface area (Å²) in [5, 5.41) is 17.0. The van der Waals surface area contributed by atoms with E-state index in [4.69, 9.17) is 9.84 Å². The minimum absolute atomic E-state index is 0.0200. The molecule has 1 unspecified atom stereocenters. The normalized spacial score (nSPS) is 12.6. The van der Waals surface area contributed by atoms with Crippen molar-refractivity contribution in [1.29, 1.82) is 0 Å². The van der Waals surface area contributed by atoms with Crippen molar-refractivity contribution in [2.75, 3.05) is 19.7 Å². The molecule has 2 atom stereocenters. The van der Waals surface area contributed by atoms with Crippen LogP contribution in [0, 0.1) is 5.92 Å². The summed E-state index contributed by atoms with van der Waals surface area (Å²) in [5.41, 5.74) is 3.70. The van der Waals surface area contributed by atoms with Crippen LogP contribution >= 0.6 is 0 Å². The summed E-state index contributed by atoms with van der Waals surface area (Å²) < 4.78 is 7.21. The van der Waals surface area contributed by atoms with Gasteiger partial charge in [0.05, 0.1) is 6.61 Å². The van der Waals surface area contributed by atoms with Gasteiger partial charge in [0, 0.05) is 36.7 Å². The van der Waals surface area contributed by atoms with Crippen molar-refractivity contribution in [2.24, 2.45) is 5.92 Å². The summed E-state index contributed by atoms with van der Waals surface area (Å²) >= 11 is 0. The highest BCUT2D eigenvalue weighted by molar-refractivity contribution is 6.03. The second-order valence-corrected chi connectivity index (χ2v) is 13.7. The number of amides is 2. The molecule has 1 aromatic heterocycles. The van der Waals surface area contributed by atoms with Gasteiger partial charge >= 0.3 is 5.97 Å². The lowest BCUT2D eigenvalue weighted by Gasteiger charge is -2.35. The Morgan fingerprint density at radius 2 is 1.50 bits per heavy atom. The van der Waals surface area contributed by atoms with E-state index in [-0.39, 0.29) is 55.9 Å². The zero-order valence-electron chi connectivity index (χ0n) is 30.1. The first kappa shape index (κ1) is 38.0. The van der Waals surface area contributed by atoms with Crippen LogP contribution in [0.3, 0.4) is 0 Å². The van der Waals surface area contributed by atoms with Gasteiger partial charge in [0.25, 0.3) is 5.91 Å². The molecule has 266 valence electrons. The van der Waals surface area contributed by atoms with E-state index in [1.54, 1.807) is 0 Å². The number of carbonyl (C=O) groups excluding carboxylic acids is 3. The molecule has 0 radical (unpaired) electrons. The van der Waals surface area contributed by atoms with Gasteiger partial charge in [0.1, 0.15) is 23.5 Å². The molecule has 2 amide bonds. The lowest BCUT2D eigenvalue weighted by molar-refractivity contribution is -0.156. The number of carbonyl (C=O) groups is 3. The summed E-state index contributed by atoms with van der Waals surface area (Å²) in [6, 6.07) is 29.2. The quantitative estimate of drug-likeness (QED) is 0.117. The van der Waals surface area contributed by atoms with Crippen LogP contribution in [0.5, 0.6) is 0 Å². The molecule has 0 bridgehead atoms. The summed E-state index contributed by atoms with van der Waals surface area (Å²) in [4.78, 5) is 43.4. The van der Waals surface area contributed by atoms with Crippen molar-refractivity contribution in [3.63, 3.8) is 0 Å². The smallest absolute Gasteiger partial charge is 0.306 e. The summed E-state index contributed by atoms with van der Waals surface area (Å²) in [7, 11) is 0. The highest BCUT2D eigenvalue weighted by Gasteiger charge is 2.34. The number of benzene rings is 3. The molecule has 0 saturated heterocycles. The minimum atomic E-state index is -0.588. The first-order chi connectivity index (χ1) is 24.0. The zero-order chi connectivity index (χ0) is 36.1. The summed E-state index contributed by atoms with van der Waals surface area (Å²) in [6.07, 6.45) is 2.89. The molecule has 0 spiro atoms. The Kier molecular flexibility index (Phi) is 13.9. The maximum atomic E-state index is 15.3. The van der Waals surface area contributed by atoms with Gasteiger partial charge in [-0.1, -0.05) is 111 Å². The van der Waals surface area contributed by atoms with E-state index in [0.29, 0.717) is 42.8 Å². The van der Waals surface area contributed by atoms with Crippen LogP contribution < -0.4 is 5.32 Å². The lowest BCUT2D eigenvalue weighted by atomic mass is 9.89. The number of aromatic nitrogens is 2. The maximum Gasteiger partial charge on any atom is 0.306 e. The van der Waals surface area contributed by atoms with Gasteiger partial charge in [-0.25, -0.2) is 4.68 Å². The standard InChI is InChI=1S/C41H52N4O5/c1-6-24-44(34(27-31-17-11-8-12-18-31)26-30(7-2)28-36(48)50-41(3,4)5)40(49)39-37(32-19-13-9-14-20-32)38(33-21-15-10-16-22-33)43-45(39)29-35(47)42-23-25-46/h8-22,30,34,46H,6-7,23-29H2,1-5H3,(H,42,47)/t30?,34-/m0/s1. The van der Waals surface area contributed by atoms with E-state index < -0.39 is 5.60 Å². The van der Waals surface area contributed by atoms with Gasteiger partial charge in [-0.15, -0.1) is 0 Å². The van der Waals surface area contributed by atoms with E-state index in [1.807, 2.05) is 111 Å². The van der Waals surface area contributed by atoms with E-state index in [0.717, 1.165) is 23.1 Å². The van der Waals surface area contributed by atoms with E-state index in [2.05, 4.69) is 24.4 Å². The molecular formula is C41H52N4O5. The van der Waals surface area contributed by atoms with E-state index >= 15 is 4.79 Å². The predicted octanol–water partition coefficient (Wildman–Crippen LogP) is 6.94. The molecule has 0 saturated carbocycles. The van der Waals surface area contributed by atoms with Crippen molar-refractivity contribution in [3.05, 3.63) is 102 Å². The average molecular weight is 681 g/mol. The fraction of sp³-hybridized carbons (Fsp3) is 0.415. The molecule has 50 heavy (non-hydrogen) atoms. The SMILES string of the molecule is CCCN(C(=O)c1c(-c2ccccc2)c(-c2ccccc2)nn1CC(=O)NCCO)[C@H](Cc1ccccc1)CC(CC)CC(=O)OC(C)(C)C. The number of aliphatic hydroxyl groups is 1. The number of hydrogen-bond acceptors (Lipinski definition) is 6. The Balaban J connectivity index is 1.87. The fourth-order valence-electron chi connectivity index (χ4n) is 6.29. The molecule has 0 aliphatic carbocycles. The van der Waals surface area contributed by atoms with Gasteiger partial charge in [-0.05, 0) is 57.1 Å². The largest absolute Gasteiger partial charge is 0.460 e. The molecule has 2 N–H and O–H groups in total. The van der Waals surface area contributed by atoms with Crippen LogP contribution in [-0.4, -0.2) is 68.9 Å². The van der Waals surface area contributed by atoms with Crippen molar-refractivity contribution in [3.8, 4) is 22.4 Å². The molecule has 9 nitrogen and oxygen atoms in total. The van der Waals surface area contributed by atoms with E-state index in [1.165, 1.54) is 4.68 Å². The number of rotatable bonds is 17. The number of nitrogens with zero attached hydrogens (tertiary/aromatic N) is 3. The van der Waals surface area contributed by atoms with Crippen molar-refractivity contribution >= 4 is 17.8 Å². The van der Waals surface area contributed by atoms with Crippen LogP contribution in [0.25, 0.3) is 22.4 Å². The first-order valence-electron chi connectivity index (χ1n) is 17.7. The van der Waals surface area contributed by atoms with Gasteiger partial charge in [0.15, 0.2) is 0 Å². The summed E-state index contributed by atoms with van der Waals surface area (Å²) in [6.45, 7) is 9.88. The Hall–Kier alpha value is -4.76. The molecule has 0 aliphatic rings. The third kappa shape index (κ3) is 10.6. The molecular weight excluding hydrogens is 628 g/mol. The van der Waals surface area contributed by atoms with Gasteiger partial charge < -0.3 is 20.1 Å². The van der Waals surface area contributed by atoms with Crippen LogP contribution in [0.2, 0.25) is 0 Å². The van der Waals surface area contributed by atoms with E-state index in [9.17, 15) is 14.7 Å². The van der Waals surface area contributed by atoms with Crippen molar-refractivity contribution < 1.29 is 24.2 Å². The molecule has 3 aromatic carbocycles. The fourth-order valence-corrected chi connectivity index (χ4v) is 6.29. The molecule has 1 heterocycles. The minimum Gasteiger partial charge on any atom is -0.460 e. The van der Waals surface area contributed by atoms with Gasteiger partial charge in [-0.2, -0.15) is 5.10 Å².